The van der Waals surface area contributed by atoms with Gasteiger partial charge in [0.2, 0.25) is 5.09 Å². The van der Waals surface area contributed by atoms with Gasteiger partial charge in [0.25, 0.3) is 15.9 Å². The molecule has 118 valence electrons. The molecule has 23 heavy (non-hydrogen) atoms. The number of fused-ring (bicyclic) bond motifs is 1. The summed E-state index contributed by atoms with van der Waals surface area (Å²) < 4.78 is 31.7. The lowest BCUT2D eigenvalue weighted by molar-refractivity contribution is 0.0981. The SMILES string of the molecule is O=C(NS(=O)(=O)c1cc2ccccc2o1)c1ccc(Cl)cc1Cl. The Balaban J connectivity index is 1.92. The van der Waals surface area contributed by atoms with Crippen molar-refractivity contribution in [1.82, 2.24) is 4.72 Å². The molecule has 0 unspecified atom stereocenters. The summed E-state index contributed by atoms with van der Waals surface area (Å²) in [4.78, 5) is 12.1. The van der Waals surface area contributed by atoms with Crippen LogP contribution in [-0.2, 0) is 10.0 Å². The molecule has 1 aromatic heterocycles. The Labute approximate surface area is 141 Å². The Morgan fingerprint density at radius 1 is 1.04 bits per heavy atom. The Hall–Kier alpha value is -2.02. The van der Waals surface area contributed by atoms with Gasteiger partial charge in [-0.05, 0) is 24.3 Å². The number of sulfonamides is 1. The molecule has 1 N–H and O–H groups in total. The van der Waals surface area contributed by atoms with E-state index >= 15 is 0 Å². The number of carbonyl (C=O) groups is 1. The molecule has 0 aliphatic carbocycles. The quantitative estimate of drug-likeness (QED) is 0.760. The summed E-state index contributed by atoms with van der Waals surface area (Å²) in [5.74, 6) is -0.868. The van der Waals surface area contributed by atoms with Crippen molar-refractivity contribution in [1.29, 1.82) is 0 Å². The molecule has 0 atom stereocenters. The normalized spacial score (nSPS) is 11.6. The maximum Gasteiger partial charge on any atom is 0.297 e. The van der Waals surface area contributed by atoms with Gasteiger partial charge < -0.3 is 4.42 Å². The third-order valence-electron chi connectivity index (χ3n) is 3.07. The molecule has 1 amide bonds. The Kier molecular flexibility index (Phi) is 4.06. The standard InChI is InChI=1S/C15H9Cl2NO4S/c16-10-5-6-11(12(17)8-10)15(19)18-23(20,21)14-7-9-3-1-2-4-13(9)22-14/h1-8H,(H,18,19). The molecule has 8 heteroatoms. The first kappa shape index (κ1) is 15.9. The molecular weight excluding hydrogens is 361 g/mol. The van der Waals surface area contributed by atoms with Crippen LogP contribution in [0.4, 0.5) is 0 Å². The minimum Gasteiger partial charge on any atom is -0.443 e. The van der Waals surface area contributed by atoms with Crippen LogP contribution < -0.4 is 4.72 Å². The molecule has 0 bridgehead atoms. The van der Waals surface area contributed by atoms with Crippen molar-refractivity contribution in [3.63, 3.8) is 0 Å². The largest absolute Gasteiger partial charge is 0.443 e. The highest BCUT2D eigenvalue weighted by Gasteiger charge is 2.24. The van der Waals surface area contributed by atoms with Gasteiger partial charge >= 0.3 is 0 Å². The van der Waals surface area contributed by atoms with E-state index in [1.807, 2.05) is 4.72 Å². The average Bonchev–Trinajstić information content (AvgIpc) is 2.91. The summed E-state index contributed by atoms with van der Waals surface area (Å²) in [5.41, 5.74) is 0.403. The number of halogens is 2. The van der Waals surface area contributed by atoms with Crippen molar-refractivity contribution in [2.45, 2.75) is 5.09 Å². The van der Waals surface area contributed by atoms with Crippen LogP contribution in [0.2, 0.25) is 10.0 Å². The first-order valence-corrected chi connectivity index (χ1v) is 8.61. The van der Waals surface area contributed by atoms with Gasteiger partial charge in [-0.1, -0.05) is 41.4 Å². The zero-order chi connectivity index (χ0) is 16.6. The zero-order valence-corrected chi connectivity index (χ0v) is 13.7. The van der Waals surface area contributed by atoms with Crippen LogP contribution in [0, 0.1) is 0 Å². The second-order valence-corrected chi connectivity index (χ2v) is 7.12. The van der Waals surface area contributed by atoms with E-state index in [1.54, 1.807) is 24.3 Å². The number of hydrogen-bond acceptors (Lipinski definition) is 4. The van der Waals surface area contributed by atoms with Crippen LogP contribution in [0.25, 0.3) is 11.0 Å². The van der Waals surface area contributed by atoms with E-state index < -0.39 is 15.9 Å². The van der Waals surface area contributed by atoms with Crippen LogP contribution in [-0.4, -0.2) is 14.3 Å². The molecule has 2 aromatic carbocycles. The third kappa shape index (κ3) is 3.19. The van der Waals surface area contributed by atoms with Crippen LogP contribution in [0.3, 0.4) is 0 Å². The van der Waals surface area contributed by atoms with Gasteiger partial charge in [0.1, 0.15) is 5.58 Å². The van der Waals surface area contributed by atoms with Crippen LogP contribution >= 0.6 is 23.2 Å². The van der Waals surface area contributed by atoms with Crippen molar-refractivity contribution >= 4 is 50.1 Å². The Bertz CT molecular complexity index is 978. The maximum absolute atomic E-state index is 12.3. The van der Waals surface area contributed by atoms with Gasteiger partial charge in [-0.25, -0.2) is 4.72 Å². The number of rotatable bonds is 3. The lowest BCUT2D eigenvalue weighted by Gasteiger charge is -2.06. The first-order valence-electron chi connectivity index (χ1n) is 6.37. The fraction of sp³-hybridized carbons (Fsp3) is 0. The summed E-state index contributed by atoms with van der Waals surface area (Å²) in [6.07, 6.45) is 0. The lowest BCUT2D eigenvalue weighted by Crippen LogP contribution is -2.30. The molecular formula is C15H9Cl2NO4S. The van der Waals surface area contributed by atoms with Crippen molar-refractivity contribution in [3.8, 4) is 0 Å². The minimum atomic E-state index is -4.15. The molecule has 0 spiro atoms. The van der Waals surface area contributed by atoms with Gasteiger partial charge in [-0.15, -0.1) is 0 Å². The number of amides is 1. The molecule has 0 saturated carbocycles. The highest BCUT2D eigenvalue weighted by Crippen LogP contribution is 2.24. The van der Waals surface area contributed by atoms with Gasteiger partial charge in [0.15, 0.2) is 0 Å². The Morgan fingerprint density at radius 2 is 1.78 bits per heavy atom. The number of nitrogens with one attached hydrogen (secondary N) is 1. The summed E-state index contributed by atoms with van der Waals surface area (Å²) in [6, 6.07) is 12.3. The second kappa shape index (κ2) is 5.88. The molecule has 1 heterocycles. The number of para-hydroxylation sites is 1. The van der Waals surface area contributed by atoms with E-state index in [9.17, 15) is 13.2 Å². The zero-order valence-electron chi connectivity index (χ0n) is 11.4. The van der Waals surface area contributed by atoms with Gasteiger partial charge in [-0.3, -0.25) is 4.79 Å². The van der Waals surface area contributed by atoms with E-state index in [0.717, 1.165) is 0 Å². The van der Waals surface area contributed by atoms with E-state index in [1.165, 1.54) is 24.3 Å². The van der Waals surface area contributed by atoms with Crippen molar-refractivity contribution < 1.29 is 17.6 Å². The molecule has 0 radical (unpaired) electrons. The third-order valence-corrected chi connectivity index (χ3v) is 4.80. The van der Waals surface area contributed by atoms with Crippen LogP contribution in [0.15, 0.2) is 58.0 Å². The summed E-state index contributed by atoms with van der Waals surface area (Å²) in [5, 5.41) is 0.656. The van der Waals surface area contributed by atoms with Crippen LogP contribution in [0.1, 0.15) is 10.4 Å². The average molecular weight is 370 g/mol. The lowest BCUT2D eigenvalue weighted by atomic mass is 10.2. The number of furan rings is 1. The predicted molar refractivity (Wildman–Crippen MR) is 87.3 cm³/mol. The van der Waals surface area contributed by atoms with E-state index in [4.69, 9.17) is 27.6 Å². The second-order valence-electron chi connectivity index (χ2n) is 4.66. The van der Waals surface area contributed by atoms with Crippen LogP contribution in [0.5, 0.6) is 0 Å². The predicted octanol–water partition coefficient (Wildman–Crippen LogP) is 3.86. The minimum absolute atomic E-state index is 0.00393. The molecule has 5 nitrogen and oxygen atoms in total. The molecule has 0 aliphatic heterocycles. The van der Waals surface area contributed by atoms with Gasteiger partial charge in [0, 0.05) is 16.5 Å². The monoisotopic (exact) mass is 369 g/mol. The van der Waals surface area contributed by atoms with Gasteiger partial charge in [0.05, 0.1) is 10.6 Å². The molecule has 3 rings (SSSR count). The number of carbonyl (C=O) groups excluding carboxylic acids is 1. The molecule has 0 saturated heterocycles. The number of hydrogen-bond donors (Lipinski definition) is 1. The highest BCUT2D eigenvalue weighted by atomic mass is 35.5. The topological polar surface area (TPSA) is 76.4 Å². The van der Waals surface area contributed by atoms with Crippen molar-refractivity contribution in [2.75, 3.05) is 0 Å². The van der Waals surface area contributed by atoms with E-state index in [-0.39, 0.29) is 15.7 Å². The molecule has 3 aromatic rings. The Morgan fingerprint density at radius 3 is 2.48 bits per heavy atom. The van der Waals surface area contributed by atoms with Crippen molar-refractivity contribution in [2.24, 2.45) is 0 Å². The molecule has 0 fully saturated rings. The fourth-order valence-corrected chi connectivity index (χ4v) is 3.42. The highest BCUT2D eigenvalue weighted by molar-refractivity contribution is 7.90. The van der Waals surface area contributed by atoms with E-state index in [0.29, 0.717) is 16.0 Å². The first-order chi connectivity index (χ1) is 10.9. The smallest absolute Gasteiger partial charge is 0.297 e. The number of benzene rings is 2. The molecule has 0 aliphatic rings. The summed E-state index contributed by atoms with van der Waals surface area (Å²) in [7, 11) is -4.15. The maximum atomic E-state index is 12.3. The van der Waals surface area contributed by atoms with Crippen molar-refractivity contribution in [3.05, 3.63) is 64.1 Å². The summed E-state index contributed by atoms with van der Waals surface area (Å²) >= 11 is 11.6. The summed E-state index contributed by atoms with van der Waals surface area (Å²) in [6.45, 7) is 0. The van der Waals surface area contributed by atoms with E-state index in [2.05, 4.69) is 0 Å². The fourth-order valence-electron chi connectivity index (χ4n) is 1.99. The van der Waals surface area contributed by atoms with Gasteiger partial charge in [-0.2, -0.15) is 8.42 Å².